The molecule has 1 aromatic carbocycles. The molecule has 0 radical (unpaired) electrons. The van der Waals surface area contributed by atoms with Crippen molar-refractivity contribution in [3.63, 3.8) is 0 Å². The summed E-state index contributed by atoms with van der Waals surface area (Å²) in [6, 6.07) is 9.43. The zero-order chi connectivity index (χ0) is 15.5. The molecule has 0 N–H and O–H groups in total. The molecule has 0 spiro atoms. The molecule has 0 bridgehead atoms. The van der Waals surface area contributed by atoms with E-state index in [4.69, 9.17) is 11.6 Å². The van der Waals surface area contributed by atoms with Crippen molar-refractivity contribution in [3.8, 4) is 0 Å². The maximum Gasteiger partial charge on any atom is 0.310 e. The first-order valence-corrected chi connectivity index (χ1v) is 7.37. The highest BCUT2D eigenvalue weighted by Gasteiger charge is 2.23. The maximum absolute atomic E-state index is 11.1. The van der Waals surface area contributed by atoms with E-state index >= 15 is 0 Å². The number of nitrogens with zero attached hydrogens (tertiary/aromatic N) is 4. The molecule has 2 heterocycles. The van der Waals surface area contributed by atoms with Crippen LogP contribution in [0.4, 0.5) is 17.1 Å². The van der Waals surface area contributed by atoms with Crippen molar-refractivity contribution in [3.05, 3.63) is 57.9 Å². The van der Waals surface area contributed by atoms with Crippen LogP contribution in [0.5, 0.6) is 0 Å². The van der Waals surface area contributed by atoms with Gasteiger partial charge in [-0.1, -0.05) is 11.6 Å². The summed E-state index contributed by atoms with van der Waals surface area (Å²) in [5.41, 5.74) is 1.81. The Kier molecular flexibility index (Phi) is 4.11. The minimum absolute atomic E-state index is 0.0578. The van der Waals surface area contributed by atoms with E-state index in [1.165, 1.54) is 6.20 Å². The van der Waals surface area contributed by atoms with Crippen molar-refractivity contribution < 1.29 is 4.92 Å². The lowest BCUT2D eigenvalue weighted by Gasteiger charge is -2.37. The number of hydrogen-bond donors (Lipinski definition) is 0. The quantitative estimate of drug-likeness (QED) is 0.643. The lowest BCUT2D eigenvalue weighted by molar-refractivity contribution is -0.384. The van der Waals surface area contributed by atoms with Crippen LogP contribution in [0, 0.1) is 10.1 Å². The molecule has 1 fully saturated rings. The zero-order valence-electron chi connectivity index (χ0n) is 11.9. The van der Waals surface area contributed by atoms with Crippen LogP contribution in [0.2, 0.25) is 5.02 Å². The molecule has 1 saturated heterocycles. The number of halogens is 1. The van der Waals surface area contributed by atoms with Crippen LogP contribution in [0.25, 0.3) is 0 Å². The summed E-state index contributed by atoms with van der Waals surface area (Å²) in [5.74, 6) is 0. The van der Waals surface area contributed by atoms with Crippen LogP contribution in [-0.4, -0.2) is 36.1 Å². The molecule has 3 rings (SSSR count). The van der Waals surface area contributed by atoms with Crippen molar-refractivity contribution in [1.82, 2.24) is 4.98 Å². The minimum Gasteiger partial charge on any atom is -0.368 e. The molecule has 7 heteroatoms. The molecule has 1 aliphatic rings. The SMILES string of the molecule is O=[N+]([O-])c1cnccc1N1CCN(c2ccc(Cl)cc2)CC1. The van der Waals surface area contributed by atoms with Gasteiger partial charge in [0.2, 0.25) is 0 Å². The molecule has 0 atom stereocenters. The topological polar surface area (TPSA) is 62.5 Å². The number of pyridine rings is 1. The van der Waals surface area contributed by atoms with Gasteiger partial charge in [-0.2, -0.15) is 0 Å². The van der Waals surface area contributed by atoms with E-state index < -0.39 is 0 Å². The van der Waals surface area contributed by atoms with Gasteiger partial charge in [0.05, 0.1) is 4.92 Å². The number of nitro groups is 1. The molecule has 0 aliphatic carbocycles. The number of aromatic nitrogens is 1. The molecule has 1 aliphatic heterocycles. The number of piperazine rings is 1. The molecule has 22 heavy (non-hydrogen) atoms. The number of hydrogen-bond acceptors (Lipinski definition) is 5. The highest BCUT2D eigenvalue weighted by atomic mass is 35.5. The summed E-state index contributed by atoms with van der Waals surface area (Å²) in [6.45, 7) is 3.07. The van der Waals surface area contributed by atoms with E-state index in [9.17, 15) is 10.1 Å². The first-order chi connectivity index (χ1) is 10.6. The monoisotopic (exact) mass is 318 g/mol. The van der Waals surface area contributed by atoms with Gasteiger partial charge >= 0.3 is 5.69 Å². The Hall–Kier alpha value is -2.34. The lowest BCUT2D eigenvalue weighted by Crippen LogP contribution is -2.46. The summed E-state index contributed by atoms with van der Waals surface area (Å²) in [6.07, 6.45) is 2.90. The Morgan fingerprint density at radius 2 is 1.68 bits per heavy atom. The van der Waals surface area contributed by atoms with Crippen LogP contribution in [0.1, 0.15) is 0 Å². The van der Waals surface area contributed by atoms with Crippen molar-refractivity contribution in [2.24, 2.45) is 0 Å². The van der Waals surface area contributed by atoms with Crippen molar-refractivity contribution in [2.75, 3.05) is 36.0 Å². The number of rotatable bonds is 3. The number of anilines is 2. The molecule has 6 nitrogen and oxygen atoms in total. The Bertz CT molecular complexity index is 669. The second kappa shape index (κ2) is 6.19. The first-order valence-electron chi connectivity index (χ1n) is 6.99. The molecular weight excluding hydrogens is 304 g/mol. The van der Waals surface area contributed by atoms with Crippen LogP contribution >= 0.6 is 11.6 Å². The standard InChI is InChI=1S/C15H15ClN4O2/c16-12-1-3-13(4-2-12)18-7-9-19(10-8-18)14-5-6-17-11-15(14)20(21)22/h1-6,11H,7-10H2. The van der Waals surface area contributed by atoms with Crippen molar-refractivity contribution in [2.45, 2.75) is 0 Å². The van der Waals surface area contributed by atoms with Gasteiger partial charge in [0.1, 0.15) is 11.9 Å². The van der Waals surface area contributed by atoms with E-state index in [0.29, 0.717) is 5.69 Å². The van der Waals surface area contributed by atoms with Gasteiger partial charge in [0.25, 0.3) is 0 Å². The van der Waals surface area contributed by atoms with E-state index in [0.717, 1.165) is 36.9 Å². The van der Waals surface area contributed by atoms with Crippen molar-refractivity contribution in [1.29, 1.82) is 0 Å². The fourth-order valence-corrected chi connectivity index (χ4v) is 2.77. The van der Waals surface area contributed by atoms with Crippen LogP contribution in [0.15, 0.2) is 42.7 Å². The largest absolute Gasteiger partial charge is 0.368 e. The highest BCUT2D eigenvalue weighted by Crippen LogP contribution is 2.28. The number of benzene rings is 1. The van der Waals surface area contributed by atoms with Gasteiger partial charge in [-0.25, -0.2) is 0 Å². The van der Waals surface area contributed by atoms with Gasteiger partial charge in [-0.15, -0.1) is 0 Å². The third-order valence-electron chi connectivity index (χ3n) is 3.79. The highest BCUT2D eigenvalue weighted by molar-refractivity contribution is 6.30. The summed E-state index contributed by atoms with van der Waals surface area (Å²) < 4.78 is 0. The van der Waals surface area contributed by atoms with E-state index in [1.54, 1.807) is 12.3 Å². The van der Waals surface area contributed by atoms with Gasteiger partial charge in [-0.3, -0.25) is 15.1 Å². The lowest BCUT2D eigenvalue weighted by atomic mass is 10.2. The van der Waals surface area contributed by atoms with Crippen LogP contribution in [0.3, 0.4) is 0 Å². The fourth-order valence-electron chi connectivity index (χ4n) is 2.64. The first kappa shape index (κ1) is 14.6. The predicted octanol–water partition coefficient (Wildman–Crippen LogP) is 2.97. The Balaban J connectivity index is 1.72. The Morgan fingerprint density at radius 1 is 1.05 bits per heavy atom. The molecule has 114 valence electrons. The van der Waals surface area contributed by atoms with Crippen LogP contribution in [-0.2, 0) is 0 Å². The summed E-state index contributed by atoms with van der Waals surface area (Å²) >= 11 is 5.90. The zero-order valence-corrected chi connectivity index (χ0v) is 12.6. The van der Waals surface area contributed by atoms with Gasteiger partial charge in [0.15, 0.2) is 0 Å². The summed E-state index contributed by atoms with van der Waals surface area (Å²) in [7, 11) is 0. The van der Waals surface area contributed by atoms with E-state index in [2.05, 4.69) is 9.88 Å². The molecule has 0 unspecified atom stereocenters. The third-order valence-corrected chi connectivity index (χ3v) is 4.04. The molecule has 0 amide bonds. The molecular formula is C15H15ClN4O2. The second-order valence-electron chi connectivity index (χ2n) is 5.07. The second-order valence-corrected chi connectivity index (χ2v) is 5.51. The Morgan fingerprint density at radius 3 is 2.32 bits per heavy atom. The maximum atomic E-state index is 11.1. The molecule has 0 saturated carbocycles. The fraction of sp³-hybridized carbons (Fsp3) is 0.267. The predicted molar refractivity (Wildman–Crippen MR) is 86.8 cm³/mol. The van der Waals surface area contributed by atoms with Gasteiger partial charge < -0.3 is 9.80 Å². The van der Waals surface area contributed by atoms with Gasteiger partial charge in [0, 0.05) is 43.1 Å². The van der Waals surface area contributed by atoms with Crippen molar-refractivity contribution >= 4 is 28.7 Å². The average molecular weight is 319 g/mol. The summed E-state index contributed by atoms with van der Waals surface area (Å²) in [4.78, 5) is 18.8. The minimum atomic E-state index is -0.381. The smallest absolute Gasteiger partial charge is 0.310 e. The molecule has 1 aromatic heterocycles. The Labute approximate surface area is 133 Å². The molecule has 2 aromatic rings. The van der Waals surface area contributed by atoms with Crippen LogP contribution < -0.4 is 9.80 Å². The third kappa shape index (κ3) is 2.96. The average Bonchev–Trinajstić information content (AvgIpc) is 2.56. The summed E-state index contributed by atoms with van der Waals surface area (Å²) in [5, 5.41) is 11.8. The van der Waals surface area contributed by atoms with E-state index in [1.807, 2.05) is 29.2 Å². The normalized spacial score (nSPS) is 15.0. The van der Waals surface area contributed by atoms with Gasteiger partial charge in [-0.05, 0) is 30.3 Å². The van der Waals surface area contributed by atoms with E-state index in [-0.39, 0.29) is 10.6 Å².